The number of nitrogens with zero attached hydrogens (tertiary/aromatic N) is 2. The number of carbonyl (C=O) groups excluding carboxylic acids is 2. The summed E-state index contributed by atoms with van der Waals surface area (Å²) < 4.78 is 13.7. The van der Waals surface area contributed by atoms with Crippen molar-refractivity contribution in [2.45, 2.75) is 25.3 Å². The normalized spacial score (nSPS) is 13.2. The van der Waals surface area contributed by atoms with Crippen molar-refractivity contribution >= 4 is 28.8 Å². The standard InChI is InChI=1S/C20H17FN4O2S/c21-16-7-2-1-4-14(16)11-22-17(26)13-5-3-6-15(10-13)23-18(27)20-25-24-19(28-20)12-8-9-12/h1-7,10,12H,8-9,11H2,(H,22,26)(H,23,27). The van der Waals surface area contributed by atoms with Crippen LogP contribution in [0.25, 0.3) is 0 Å². The van der Waals surface area contributed by atoms with E-state index in [1.54, 1.807) is 42.5 Å². The molecule has 0 bridgehead atoms. The van der Waals surface area contributed by atoms with E-state index < -0.39 is 0 Å². The lowest BCUT2D eigenvalue weighted by molar-refractivity contribution is 0.0949. The highest BCUT2D eigenvalue weighted by Gasteiger charge is 2.28. The topological polar surface area (TPSA) is 84.0 Å². The van der Waals surface area contributed by atoms with E-state index in [1.807, 2.05) is 0 Å². The van der Waals surface area contributed by atoms with Gasteiger partial charge >= 0.3 is 0 Å². The zero-order chi connectivity index (χ0) is 19.5. The second-order valence-electron chi connectivity index (χ2n) is 6.53. The molecule has 1 aliphatic carbocycles. The van der Waals surface area contributed by atoms with Crippen LogP contribution in [0.4, 0.5) is 10.1 Å². The number of nitrogens with one attached hydrogen (secondary N) is 2. The predicted molar refractivity (Wildman–Crippen MR) is 104 cm³/mol. The molecule has 2 amide bonds. The van der Waals surface area contributed by atoms with Crippen LogP contribution in [0.3, 0.4) is 0 Å². The molecule has 0 aliphatic heterocycles. The van der Waals surface area contributed by atoms with E-state index in [-0.39, 0.29) is 24.2 Å². The number of benzene rings is 2. The highest BCUT2D eigenvalue weighted by molar-refractivity contribution is 7.13. The molecule has 1 saturated carbocycles. The van der Waals surface area contributed by atoms with Gasteiger partial charge in [-0.1, -0.05) is 35.6 Å². The van der Waals surface area contributed by atoms with Crippen LogP contribution >= 0.6 is 11.3 Å². The summed E-state index contributed by atoms with van der Waals surface area (Å²) in [5.41, 5.74) is 1.25. The maximum Gasteiger partial charge on any atom is 0.286 e. The fraction of sp³-hybridized carbons (Fsp3) is 0.200. The molecule has 8 heteroatoms. The molecule has 1 fully saturated rings. The van der Waals surface area contributed by atoms with Crippen molar-refractivity contribution in [3.8, 4) is 0 Å². The zero-order valence-corrected chi connectivity index (χ0v) is 15.6. The number of rotatable bonds is 6. The van der Waals surface area contributed by atoms with Crippen molar-refractivity contribution in [2.75, 3.05) is 5.32 Å². The molecule has 2 aromatic carbocycles. The van der Waals surface area contributed by atoms with Crippen LogP contribution in [-0.4, -0.2) is 22.0 Å². The Hall–Kier alpha value is -3.13. The largest absolute Gasteiger partial charge is 0.348 e. The number of aromatic nitrogens is 2. The third-order valence-electron chi connectivity index (χ3n) is 4.34. The van der Waals surface area contributed by atoms with Crippen LogP contribution in [0.2, 0.25) is 0 Å². The van der Waals surface area contributed by atoms with Crippen molar-refractivity contribution in [2.24, 2.45) is 0 Å². The van der Waals surface area contributed by atoms with Gasteiger partial charge in [-0.3, -0.25) is 9.59 Å². The lowest BCUT2D eigenvalue weighted by Crippen LogP contribution is -2.23. The number of hydrogen-bond acceptors (Lipinski definition) is 5. The zero-order valence-electron chi connectivity index (χ0n) is 14.8. The van der Waals surface area contributed by atoms with Crippen molar-refractivity contribution in [1.82, 2.24) is 15.5 Å². The lowest BCUT2D eigenvalue weighted by Gasteiger charge is -2.08. The molecule has 0 spiro atoms. The summed E-state index contributed by atoms with van der Waals surface area (Å²) in [5.74, 6) is -0.633. The minimum absolute atomic E-state index is 0.0802. The number of amides is 2. The fourth-order valence-electron chi connectivity index (χ4n) is 2.66. The first-order chi connectivity index (χ1) is 13.6. The van der Waals surface area contributed by atoms with E-state index in [4.69, 9.17) is 0 Å². The molecule has 28 heavy (non-hydrogen) atoms. The molecule has 142 valence electrons. The predicted octanol–water partition coefficient (Wildman–Crippen LogP) is 3.74. The smallest absolute Gasteiger partial charge is 0.286 e. The fourth-order valence-corrected chi connectivity index (χ4v) is 3.57. The van der Waals surface area contributed by atoms with Gasteiger partial charge in [0.25, 0.3) is 11.8 Å². The Morgan fingerprint density at radius 1 is 1.07 bits per heavy atom. The summed E-state index contributed by atoms with van der Waals surface area (Å²) >= 11 is 1.30. The van der Waals surface area contributed by atoms with Crippen LogP contribution in [0.15, 0.2) is 48.5 Å². The Labute approximate surface area is 164 Å². The first kappa shape index (κ1) is 18.2. The summed E-state index contributed by atoms with van der Waals surface area (Å²) in [6.45, 7) is 0.0802. The van der Waals surface area contributed by atoms with Gasteiger partial charge in [-0.25, -0.2) is 4.39 Å². The molecule has 2 N–H and O–H groups in total. The number of hydrogen-bond donors (Lipinski definition) is 2. The Kier molecular flexibility index (Phi) is 5.12. The molecule has 0 atom stereocenters. The van der Waals surface area contributed by atoms with Gasteiger partial charge in [0.1, 0.15) is 10.8 Å². The van der Waals surface area contributed by atoms with E-state index >= 15 is 0 Å². The Bertz CT molecular complexity index is 1030. The third-order valence-corrected chi connectivity index (χ3v) is 5.43. The van der Waals surface area contributed by atoms with Crippen molar-refractivity contribution < 1.29 is 14.0 Å². The molecular weight excluding hydrogens is 379 g/mol. The van der Waals surface area contributed by atoms with Crippen LogP contribution in [-0.2, 0) is 6.54 Å². The van der Waals surface area contributed by atoms with Crippen LogP contribution < -0.4 is 10.6 Å². The van der Waals surface area contributed by atoms with E-state index in [0.29, 0.717) is 27.7 Å². The average molecular weight is 396 g/mol. The van der Waals surface area contributed by atoms with Gasteiger partial charge < -0.3 is 10.6 Å². The minimum Gasteiger partial charge on any atom is -0.348 e. The van der Waals surface area contributed by atoms with E-state index in [2.05, 4.69) is 20.8 Å². The second-order valence-corrected chi connectivity index (χ2v) is 7.54. The number of anilines is 1. The first-order valence-corrected chi connectivity index (χ1v) is 9.68. The number of halogens is 1. The van der Waals surface area contributed by atoms with Crippen LogP contribution in [0, 0.1) is 5.82 Å². The van der Waals surface area contributed by atoms with Gasteiger partial charge in [0, 0.05) is 29.3 Å². The lowest BCUT2D eigenvalue weighted by atomic mass is 10.1. The molecule has 6 nitrogen and oxygen atoms in total. The average Bonchev–Trinajstić information content (AvgIpc) is 3.43. The Balaban J connectivity index is 1.39. The van der Waals surface area contributed by atoms with Crippen molar-refractivity contribution in [3.05, 3.63) is 75.5 Å². The Morgan fingerprint density at radius 3 is 2.68 bits per heavy atom. The van der Waals surface area contributed by atoms with Crippen LogP contribution in [0.5, 0.6) is 0 Å². The van der Waals surface area contributed by atoms with Gasteiger partial charge in [0.05, 0.1) is 0 Å². The van der Waals surface area contributed by atoms with E-state index in [0.717, 1.165) is 17.8 Å². The molecule has 1 aliphatic rings. The van der Waals surface area contributed by atoms with Gasteiger partial charge in [0.2, 0.25) is 5.01 Å². The summed E-state index contributed by atoms with van der Waals surface area (Å²) in [6.07, 6.45) is 2.20. The van der Waals surface area contributed by atoms with E-state index in [1.165, 1.54) is 17.4 Å². The van der Waals surface area contributed by atoms with Gasteiger partial charge in [-0.2, -0.15) is 0 Å². The molecule has 1 heterocycles. The molecular formula is C20H17FN4O2S. The summed E-state index contributed by atoms with van der Waals surface area (Å²) in [4.78, 5) is 24.7. The van der Waals surface area contributed by atoms with Crippen molar-refractivity contribution in [3.63, 3.8) is 0 Å². The quantitative estimate of drug-likeness (QED) is 0.665. The number of carbonyl (C=O) groups is 2. The molecule has 4 rings (SSSR count). The highest BCUT2D eigenvalue weighted by atomic mass is 32.1. The summed E-state index contributed by atoms with van der Waals surface area (Å²) in [5, 5.41) is 14.6. The Morgan fingerprint density at radius 2 is 1.89 bits per heavy atom. The maximum absolute atomic E-state index is 13.7. The van der Waals surface area contributed by atoms with Gasteiger partial charge in [-0.05, 0) is 37.1 Å². The third kappa shape index (κ3) is 4.23. The second kappa shape index (κ2) is 7.85. The monoisotopic (exact) mass is 396 g/mol. The van der Waals surface area contributed by atoms with Gasteiger partial charge in [-0.15, -0.1) is 10.2 Å². The minimum atomic E-state index is -0.369. The summed E-state index contributed by atoms with van der Waals surface area (Å²) in [6, 6.07) is 12.8. The highest BCUT2D eigenvalue weighted by Crippen LogP contribution is 2.41. The molecule has 0 unspecified atom stereocenters. The first-order valence-electron chi connectivity index (χ1n) is 8.86. The molecule has 0 saturated heterocycles. The van der Waals surface area contributed by atoms with Crippen LogP contribution in [0.1, 0.15) is 49.5 Å². The molecule has 3 aromatic rings. The molecule has 1 aromatic heterocycles. The maximum atomic E-state index is 13.7. The molecule has 0 radical (unpaired) electrons. The van der Waals surface area contributed by atoms with Gasteiger partial charge in [0.15, 0.2) is 0 Å². The van der Waals surface area contributed by atoms with Crippen molar-refractivity contribution in [1.29, 1.82) is 0 Å². The van der Waals surface area contributed by atoms with E-state index in [9.17, 15) is 14.0 Å². The SMILES string of the molecule is O=C(NCc1ccccc1F)c1cccc(NC(=O)c2nnc(C3CC3)s2)c1. The summed E-state index contributed by atoms with van der Waals surface area (Å²) in [7, 11) is 0.